The zero-order valence-corrected chi connectivity index (χ0v) is 18.0. The number of carbonyl (C=O) groups excluding carboxylic acids is 2. The Morgan fingerprint density at radius 3 is 2.18 bits per heavy atom. The molecule has 0 bridgehead atoms. The maximum absolute atomic E-state index is 12.7. The van der Waals surface area contributed by atoms with Gasteiger partial charge in [-0.15, -0.1) is 12.4 Å². The molecule has 4 N–H and O–H groups in total. The van der Waals surface area contributed by atoms with Gasteiger partial charge in [-0.3, -0.25) is 20.2 Å². The molecule has 2 atom stereocenters. The molecule has 0 heterocycles. The second-order valence-electron chi connectivity index (χ2n) is 7.63. The Bertz CT molecular complexity index is 606. The molecule has 1 aromatic carbocycles. The van der Waals surface area contributed by atoms with Crippen LogP contribution in [0.15, 0.2) is 36.4 Å². The van der Waals surface area contributed by atoms with Crippen molar-refractivity contribution in [2.24, 2.45) is 23.7 Å². The first-order valence-corrected chi connectivity index (χ1v) is 9.53. The largest absolute Gasteiger partial charge is 0.291 e. The van der Waals surface area contributed by atoms with Gasteiger partial charge < -0.3 is 0 Å². The van der Waals surface area contributed by atoms with Gasteiger partial charge in [-0.05, 0) is 30.2 Å². The molecule has 28 heavy (non-hydrogen) atoms. The molecule has 0 saturated heterocycles. The van der Waals surface area contributed by atoms with E-state index < -0.39 is 17.7 Å². The van der Waals surface area contributed by atoms with Crippen molar-refractivity contribution < 1.29 is 14.8 Å². The van der Waals surface area contributed by atoms with E-state index in [-0.39, 0.29) is 24.2 Å². The number of rotatable bonds is 11. The van der Waals surface area contributed by atoms with Gasteiger partial charge in [-0.25, -0.2) is 10.9 Å². The monoisotopic (exact) mass is 411 g/mol. The number of allylic oxidation sites excluding steroid dienone is 1. The quantitative estimate of drug-likeness (QED) is 0.331. The van der Waals surface area contributed by atoms with Gasteiger partial charge in [-0.2, -0.15) is 0 Å². The topological polar surface area (TPSA) is 90.5 Å². The molecule has 0 saturated carbocycles. The van der Waals surface area contributed by atoms with Crippen molar-refractivity contribution in [3.63, 3.8) is 0 Å². The van der Waals surface area contributed by atoms with E-state index in [4.69, 9.17) is 5.21 Å². The minimum absolute atomic E-state index is 0. The van der Waals surface area contributed by atoms with E-state index in [0.29, 0.717) is 25.3 Å². The van der Waals surface area contributed by atoms with Gasteiger partial charge in [0, 0.05) is 6.54 Å². The number of hydrogen-bond acceptors (Lipinski definition) is 4. The van der Waals surface area contributed by atoms with Gasteiger partial charge in [0.05, 0.1) is 11.8 Å². The van der Waals surface area contributed by atoms with Gasteiger partial charge >= 0.3 is 0 Å². The fraction of sp³-hybridized carbons (Fsp3) is 0.524. The van der Waals surface area contributed by atoms with Crippen LogP contribution in [0.3, 0.4) is 0 Å². The van der Waals surface area contributed by atoms with Crippen molar-refractivity contribution >= 4 is 30.3 Å². The molecule has 6 nitrogen and oxygen atoms in total. The predicted molar refractivity (Wildman–Crippen MR) is 115 cm³/mol. The van der Waals surface area contributed by atoms with Crippen LogP contribution < -0.4 is 16.3 Å². The summed E-state index contributed by atoms with van der Waals surface area (Å²) in [5.74, 6) is -1.35. The number of amides is 2. The highest BCUT2D eigenvalue weighted by Gasteiger charge is 2.33. The Morgan fingerprint density at radius 1 is 1.00 bits per heavy atom. The Labute approximate surface area is 174 Å². The number of hydrogen-bond donors (Lipinski definition) is 4. The molecule has 1 rings (SSSR count). The van der Waals surface area contributed by atoms with E-state index in [1.807, 2.05) is 70.2 Å². The van der Waals surface area contributed by atoms with Crippen molar-refractivity contribution in [3.05, 3.63) is 42.0 Å². The summed E-state index contributed by atoms with van der Waals surface area (Å²) in [6.07, 6.45) is 4.69. The van der Waals surface area contributed by atoms with Crippen LogP contribution in [0.2, 0.25) is 0 Å². The summed E-state index contributed by atoms with van der Waals surface area (Å²) in [5.41, 5.74) is 8.37. The summed E-state index contributed by atoms with van der Waals surface area (Å²) >= 11 is 0. The maximum atomic E-state index is 12.7. The average Bonchev–Trinajstić information content (AvgIpc) is 2.63. The minimum Gasteiger partial charge on any atom is -0.291 e. The summed E-state index contributed by atoms with van der Waals surface area (Å²) in [6, 6.07) is 9.74. The summed E-state index contributed by atoms with van der Waals surface area (Å²) in [4.78, 5) is 25.0. The fourth-order valence-corrected chi connectivity index (χ4v) is 2.85. The number of nitrogens with one attached hydrogen (secondary N) is 3. The molecule has 1 aromatic rings. The van der Waals surface area contributed by atoms with Crippen molar-refractivity contribution in [1.82, 2.24) is 16.3 Å². The highest BCUT2D eigenvalue weighted by atomic mass is 35.5. The molecule has 0 aliphatic rings. The average molecular weight is 412 g/mol. The normalized spacial score (nSPS) is 13.2. The first-order chi connectivity index (χ1) is 12.8. The van der Waals surface area contributed by atoms with Crippen LogP contribution in [-0.4, -0.2) is 23.6 Å². The SMILES string of the molecule is CC(C)CNNC(=O)[C@H](CC(C)C)[C@H](CC=Cc1ccccc1)C(=O)NO.Cl. The lowest BCUT2D eigenvalue weighted by atomic mass is 9.82. The van der Waals surface area contributed by atoms with E-state index in [2.05, 4.69) is 10.9 Å². The van der Waals surface area contributed by atoms with Gasteiger partial charge in [0.1, 0.15) is 0 Å². The highest BCUT2D eigenvalue weighted by Crippen LogP contribution is 2.25. The van der Waals surface area contributed by atoms with Crippen molar-refractivity contribution in [2.45, 2.75) is 40.5 Å². The van der Waals surface area contributed by atoms with Crippen LogP contribution in [0, 0.1) is 23.7 Å². The molecule has 0 fully saturated rings. The third kappa shape index (κ3) is 9.88. The van der Waals surface area contributed by atoms with Crippen LogP contribution in [-0.2, 0) is 9.59 Å². The fourth-order valence-electron chi connectivity index (χ4n) is 2.85. The van der Waals surface area contributed by atoms with E-state index >= 15 is 0 Å². The Morgan fingerprint density at radius 2 is 1.64 bits per heavy atom. The van der Waals surface area contributed by atoms with Gasteiger partial charge in [-0.1, -0.05) is 70.2 Å². The molecular formula is C21H34ClN3O3. The second-order valence-corrected chi connectivity index (χ2v) is 7.63. The number of benzene rings is 1. The third-order valence-corrected chi connectivity index (χ3v) is 4.22. The first-order valence-electron chi connectivity index (χ1n) is 9.53. The summed E-state index contributed by atoms with van der Waals surface area (Å²) < 4.78 is 0. The molecule has 2 amide bonds. The molecule has 158 valence electrons. The number of hydrazine groups is 1. The van der Waals surface area contributed by atoms with Crippen molar-refractivity contribution in [2.75, 3.05) is 6.54 Å². The summed E-state index contributed by atoms with van der Waals surface area (Å²) in [5, 5.41) is 9.16. The number of hydroxylamine groups is 1. The molecule has 0 unspecified atom stereocenters. The molecule has 0 aliphatic carbocycles. The van der Waals surface area contributed by atoms with E-state index in [1.165, 1.54) is 0 Å². The molecule has 0 aliphatic heterocycles. The second kappa shape index (κ2) is 14.2. The Kier molecular flexibility index (Phi) is 13.2. The minimum atomic E-state index is -0.654. The zero-order chi connectivity index (χ0) is 20.2. The highest BCUT2D eigenvalue weighted by molar-refractivity contribution is 5.87. The number of halogens is 1. The summed E-state index contributed by atoms with van der Waals surface area (Å²) in [6.45, 7) is 8.75. The van der Waals surface area contributed by atoms with Crippen molar-refractivity contribution in [3.8, 4) is 0 Å². The third-order valence-electron chi connectivity index (χ3n) is 4.22. The molecule has 0 radical (unpaired) electrons. The van der Waals surface area contributed by atoms with Crippen molar-refractivity contribution in [1.29, 1.82) is 0 Å². The van der Waals surface area contributed by atoms with Crippen LogP contribution >= 0.6 is 12.4 Å². The van der Waals surface area contributed by atoms with Gasteiger partial charge in [0.2, 0.25) is 11.8 Å². The lowest BCUT2D eigenvalue weighted by molar-refractivity contribution is -0.141. The van der Waals surface area contributed by atoms with Crippen LogP contribution in [0.1, 0.15) is 46.1 Å². The van der Waals surface area contributed by atoms with E-state index in [0.717, 1.165) is 5.56 Å². The van der Waals surface area contributed by atoms with Gasteiger partial charge in [0.15, 0.2) is 0 Å². The number of carbonyl (C=O) groups is 2. The maximum Gasteiger partial charge on any atom is 0.247 e. The Hall–Kier alpha value is -1.89. The van der Waals surface area contributed by atoms with E-state index in [9.17, 15) is 9.59 Å². The summed E-state index contributed by atoms with van der Waals surface area (Å²) in [7, 11) is 0. The molecule has 0 spiro atoms. The molecule has 7 heteroatoms. The first kappa shape index (κ1) is 26.1. The zero-order valence-electron chi connectivity index (χ0n) is 17.1. The van der Waals surface area contributed by atoms with Crippen LogP contribution in [0.25, 0.3) is 6.08 Å². The molecule has 0 aromatic heterocycles. The van der Waals surface area contributed by atoms with Crippen LogP contribution in [0.5, 0.6) is 0 Å². The van der Waals surface area contributed by atoms with Gasteiger partial charge in [0.25, 0.3) is 0 Å². The lowest BCUT2D eigenvalue weighted by Gasteiger charge is -2.25. The predicted octanol–water partition coefficient (Wildman–Crippen LogP) is 3.57. The lowest BCUT2D eigenvalue weighted by Crippen LogP contribution is -2.47. The van der Waals surface area contributed by atoms with E-state index in [1.54, 1.807) is 5.48 Å². The Balaban J connectivity index is 0.00000729. The van der Waals surface area contributed by atoms with Crippen LogP contribution in [0.4, 0.5) is 0 Å². The standard InChI is InChI=1S/C21H33N3O3.ClH/c1-15(2)13-19(20(25)23-22-14-16(3)4)18(21(26)24-27)12-8-11-17-9-6-5-7-10-17;/h5-11,15-16,18-19,22,27H,12-14H2,1-4H3,(H,23,25)(H,24,26);1H/t18-,19+;/m0./s1. The smallest absolute Gasteiger partial charge is 0.247 e. The molecular weight excluding hydrogens is 378 g/mol.